The molecular formula is C24H26O5. The minimum absolute atomic E-state index is 0.231. The molecule has 0 saturated carbocycles. The normalized spacial score (nSPS) is 18.8. The van der Waals surface area contributed by atoms with E-state index in [0.29, 0.717) is 17.9 Å². The average Bonchev–Trinajstić information content (AvgIpc) is 2.73. The van der Waals surface area contributed by atoms with E-state index in [4.69, 9.17) is 14.2 Å². The van der Waals surface area contributed by atoms with Crippen LogP contribution in [-0.4, -0.2) is 32.6 Å². The van der Waals surface area contributed by atoms with Crippen LogP contribution in [-0.2, 0) is 14.3 Å². The maximum absolute atomic E-state index is 13.0. The number of rotatable bonds is 6. The van der Waals surface area contributed by atoms with Crippen molar-refractivity contribution in [2.45, 2.75) is 26.2 Å². The Kier molecular flexibility index (Phi) is 6.37. The number of hydrogen-bond donors (Lipinski definition) is 0. The summed E-state index contributed by atoms with van der Waals surface area (Å²) in [6, 6.07) is 13.5. The number of carbonyl (C=O) groups excluding carboxylic acids is 2. The first kappa shape index (κ1) is 20.6. The van der Waals surface area contributed by atoms with E-state index in [9.17, 15) is 9.59 Å². The Labute approximate surface area is 171 Å². The molecule has 2 aromatic rings. The predicted octanol–water partition coefficient (Wildman–Crippen LogP) is 4.33. The van der Waals surface area contributed by atoms with Gasteiger partial charge in [-0.3, -0.25) is 9.59 Å². The fraction of sp³-hybridized carbons (Fsp3) is 0.333. The highest BCUT2D eigenvalue weighted by Gasteiger charge is 2.39. The van der Waals surface area contributed by atoms with Gasteiger partial charge in [-0.05, 0) is 55.2 Å². The van der Waals surface area contributed by atoms with Crippen molar-refractivity contribution < 1.29 is 23.8 Å². The SMILES string of the molecule is CCOC(=O)[C@@H]1C(=O)C=C(c2ccc(OC)c(OC)c2)C[C@H]1c1ccc(C)cc1. The van der Waals surface area contributed by atoms with Gasteiger partial charge in [0, 0.05) is 5.92 Å². The first-order chi connectivity index (χ1) is 14.0. The van der Waals surface area contributed by atoms with E-state index >= 15 is 0 Å². The largest absolute Gasteiger partial charge is 0.493 e. The molecule has 0 aromatic heterocycles. The quantitative estimate of drug-likeness (QED) is 0.539. The molecule has 29 heavy (non-hydrogen) atoms. The molecule has 2 atom stereocenters. The van der Waals surface area contributed by atoms with Crippen LogP contribution in [0.1, 0.15) is 36.0 Å². The molecule has 0 spiro atoms. The molecule has 1 aliphatic rings. The second-order valence-electron chi connectivity index (χ2n) is 7.09. The topological polar surface area (TPSA) is 61.8 Å². The average molecular weight is 394 g/mol. The van der Waals surface area contributed by atoms with Gasteiger partial charge in [-0.25, -0.2) is 0 Å². The molecule has 0 bridgehead atoms. The third-order valence-electron chi connectivity index (χ3n) is 5.27. The Bertz CT molecular complexity index is 927. The zero-order valence-corrected chi connectivity index (χ0v) is 17.2. The number of methoxy groups -OCH3 is 2. The van der Waals surface area contributed by atoms with Gasteiger partial charge in [0.2, 0.25) is 0 Å². The van der Waals surface area contributed by atoms with Gasteiger partial charge in [0.15, 0.2) is 17.3 Å². The highest BCUT2D eigenvalue weighted by molar-refractivity contribution is 6.10. The molecule has 0 saturated heterocycles. The van der Waals surface area contributed by atoms with Crippen molar-refractivity contribution in [2.24, 2.45) is 5.92 Å². The van der Waals surface area contributed by atoms with Crippen LogP contribution in [0.5, 0.6) is 11.5 Å². The first-order valence-corrected chi connectivity index (χ1v) is 9.68. The zero-order valence-electron chi connectivity index (χ0n) is 17.2. The lowest BCUT2D eigenvalue weighted by Crippen LogP contribution is -2.34. The molecule has 0 aliphatic heterocycles. The number of benzene rings is 2. The monoisotopic (exact) mass is 394 g/mol. The summed E-state index contributed by atoms with van der Waals surface area (Å²) in [5, 5.41) is 0. The molecule has 5 nitrogen and oxygen atoms in total. The Morgan fingerprint density at radius 3 is 2.34 bits per heavy atom. The summed E-state index contributed by atoms with van der Waals surface area (Å²) >= 11 is 0. The van der Waals surface area contributed by atoms with Crippen molar-refractivity contribution in [3.63, 3.8) is 0 Å². The molecule has 0 heterocycles. The third kappa shape index (κ3) is 4.34. The summed E-state index contributed by atoms with van der Waals surface area (Å²) in [5.74, 6) is -0.594. The fourth-order valence-electron chi connectivity index (χ4n) is 3.75. The Morgan fingerprint density at radius 1 is 1.03 bits per heavy atom. The van der Waals surface area contributed by atoms with Gasteiger partial charge in [0.1, 0.15) is 5.92 Å². The van der Waals surface area contributed by atoms with Gasteiger partial charge < -0.3 is 14.2 Å². The van der Waals surface area contributed by atoms with Crippen molar-refractivity contribution in [1.82, 2.24) is 0 Å². The number of carbonyl (C=O) groups is 2. The van der Waals surface area contributed by atoms with Crippen LogP contribution >= 0.6 is 0 Å². The highest BCUT2D eigenvalue weighted by atomic mass is 16.5. The van der Waals surface area contributed by atoms with Crippen LogP contribution < -0.4 is 9.47 Å². The van der Waals surface area contributed by atoms with Crippen LogP contribution in [0.3, 0.4) is 0 Å². The van der Waals surface area contributed by atoms with E-state index in [0.717, 1.165) is 22.3 Å². The Morgan fingerprint density at radius 2 is 1.72 bits per heavy atom. The van der Waals surface area contributed by atoms with E-state index in [1.54, 1.807) is 27.2 Å². The van der Waals surface area contributed by atoms with E-state index in [1.165, 1.54) is 0 Å². The van der Waals surface area contributed by atoms with Gasteiger partial charge in [0.25, 0.3) is 0 Å². The van der Waals surface area contributed by atoms with Crippen LogP contribution in [0.2, 0.25) is 0 Å². The summed E-state index contributed by atoms with van der Waals surface area (Å²) in [6.45, 7) is 4.00. The molecule has 0 N–H and O–H groups in total. The van der Waals surface area contributed by atoms with Crippen molar-refractivity contribution in [3.05, 3.63) is 65.2 Å². The molecule has 0 amide bonds. The van der Waals surface area contributed by atoms with Crippen LogP contribution in [0.4, 0.5) is 0 Å². The molecule has 0 unspecified atom stereocenters. The summed E-state index contributed by atoms with van der Waals surface area (Å²) in [7, 11) is 3.16. The van der Waals surface area contributed by atoms with Gasteiger partial charge in [-0.2, -0.15) is 0 Å². The lowest BCUT2D eigenvalue weighted by Gasteiger charge is -2.29. The second kappa shape index (κ2) is 8.95. The minimum Gasteiger partial charge on any atom is -0.493 e. The van der Waals surface area contributed by atoms with E-state index in [-0.39, 0.29) is 18.3 Å². The van der Waals surface area contributed by atoms with E-state index in [2.05, 4.69) is 0 Å². The van der Waals surface area contributed by atoms with Crippen molar-refractivity contribution in [2.75, 3.05) is 20.8 Å². The number of esters is 1. The smallest absolute Gasteiger partial charge is 0.317 e. The second-order valence-corrected chi connectivity index (χ2v) is 7.09. The van der Waals surface area contributed by atoms with Crippen LogP contribution in [0, 0.1) is 12.8 Å². The van der Waals surface area contributed by atoms with Crippen molar-refractivity contribution in [1.29, 1.82) is 0 Å². The lowest BCUT2D eigenvalue weighted by atomic mass is 9.73. The van der Waals surface area contributed by atoms with E-state index in [1.807, 2.05) is 49.4 Å². The zero-order chi connectivity index (χ0) is 21.0. The molecular weight excluding hydrogens is 368 g/mol. The molecule has 3 rings (SSSR count). The summed E-state index contributed by atoms with van der Waals surface area (Å²) in [4.78, 5) is 25.6. The summed E-state index contributed by atoms with van der Waals surface area (Å²) < 4.78 is 15.9. The van der Waals surface area contributed by atoms with Gasteiger partial charge in [0.05, 0.1) is 20.8 Å². The Hall–Kier alpha value is -3.08. The molecule has 2 aromatic carbocycles. The van der Waals surface area contributed by atoms with Gasteiger partial charge in [-0.15, -0.1) is 0 Å². The van der Waals surface area contributed by atoms with Gasteiger partial charge >= 0.3 is 5.97 Å². The molecule has 152 valence electrons. The molecule has 0 fully saturated rings. The predicted molar refractivity (Wildman–Crippen MR) is 111 cm³/mol. The van der Waals surface area contributed by atoms with Crippen molar-refractivity contribution >= 4 is 17.3 Å². The van der Waals surface area contributed by atoms with Crippen molar-refractivity contribution in [3.8, 4) is 11.5 Å². The lowest BCUT2D eigenvalue weighted by molar-refractivity contribution is -0.151. The molecule has 1 aliphatic carbocycles. The number of ketones is 1. The number of ether oxygens (including phenoxy) is 3. The fourth-order valence-corrected chi connectivity index (χ4v) is 3.75. The van der Waals surface area contributed by atoms with Crippen LogP contribution in [0.25, 0.3) is 5.57 Å². The Balaban J connectivity index is 2.03. The van der Waals surface area contributed by atoms with Crippen LogP contribution in [0.15, 0.2) is 48.5 Å². The molecule has 5 heteroatoms. The third-order valence-corrected chi connectivity index (χ3v) is 5.27. The number of aryl methyl sites for hydroxylation is 1. The minimum atomic E-state index is -0.832. The number of allylic oxidation sites excluding steroid dienone is 2. The number of hydrogen-bond acceptors (Lipinski definition) is 5. The summed E-state index contributed by atoms with van der Waals surface area (Å²) in [6.07, 6.45) is 2.11. The van der Waals surface area contributed by atoms with Gasteiger partial charge in [-0.1, -0.05) is 35.9 Å². The maximum atomic E-state index is 13.0. The maximum Gasteiger partial charge on any atom is 0.317 e. The first-order valence-electron chi connectivity index (χ1n) is 9.68. The molecule has 0 radical (unpaired) electrons. The highest BCUT2D eigenvalue weighted by Crippen LogP contribution is 2.42. The standard InChI is InChI=1S/C24H26O5/c1-5-29-24(26)23-19(16-8-6-15(2)7-9-16)12-18(13-20(23)25)17-10-11-21(27-3)22(14-17)28-4/h6-11,13-14,19,23H,5,12H2,1-4H3/t19-,23-/m0/s1. The summed E-state index contributed by atoms with van der Waals surface area (Å²) in [5.41, 5.74) is 3.81. The van der Waals surface area contributed by atoms with E-state index < -0.39 is 11.9 Å².